The van der Waals surface area contributed by atoms with Crippen molar-refractivity contribution in [2.24, 2.45) is 0 Å². The van der Waals surface area contributed by atoms with Gasteiger partial charge in [0.25, 0.3) is 0 Å². The highest BCUT2D eigenvalue weighted by molar-refractivity contribution is 5.74. The van der Waals surface area contributed by atoms with Gasteiger partial charge in [-0.15, -0.1) is 5.10 Å². The second kappa shape index (κ2) is 5.57. The van der Waals surface area contributed by atoms with Gasteiger partial charge in [-0.2, -0.15) is 0 Å². The van der Waals surface area contributed by atoms with Crippen LogP contribution in [0.25, 0.3) is 5.69 Å². The van der Waals surface area contributed by atoms with Crippen LogP contribution in [0.3, 0.4) is 0 Å². The van der Waals surface area contributed by atoms with Crippen LogP contribution in [0.2, 0.25) is 0 Å². The lowest BCUT2D eigenvalue weighted by atomic mass is 9.86. The molecule has 0 atom stereocenters. The fourth-order valence-corrected chi connectivity index (χ4v) is 3.12. The molecule has 1 aromatic carbocycles. The summed E-state index contributed by atoms with van der Waals surface area (Å²) in [5.41, 5.74) is 3.66. The molecule has 1 heterocycles. The average Bonchev–Trinajstić information content (AvgIpc) is 2.92. The van der Waals surface area contributed by atoms with E-state index in [0.717, 1.165) is 36.1 Å². The minimum Gasteiger partial charge on any atom is -0.296 e. The van der Waals surface area contributed by atoms with Crippen LogP contribution < -0.4 is 0 Å². The van der Waals surface area contributed by atoms with E-state index in [4.69, 9.17) is 0 Å². The highest BCUT2D eigenvalue weighted by Gasteiger charge is 2.25. The fraction of sp³-hybridized carbons (Fsp3) is 0.438. The van der Waals surface area contributed by atoms with Gasteiger partial charge in [0, 0.05) is 5.92 Å². The molecule has 4 heteroatoms. The molecule has 0 saturated heterocycles. The Kier molecular flexibility index (Phi) is 3.63. The van der Waals surface area contributed by atoms with Gasteiger partial charge in [0.05, 0.1) is 11.4 Å². The molecule has 0 amide bonds. The number of rotatable bonds is 3. The Morgan fingerprint density at radius 2 is 1.95 bits per heavy atom. The van der Waals surface area contributed by atoms with Crippen LogP contribution in [0.15, 0.2) is 24.3 Å². The maximum absolute atomic E-state index is 11.3. The van der Waals surface area contributed by atoms with E-state index in [2.05, 4.69) is 23.3 Å². The number of benzene rings is 1. The lowest BCUT2D eigenvalue weighted by Gasteiger charge is -2.22. The van der Waals surface area contributed by atoms with Crippen LogP contribution in [0.5, 0.6) is 0 Å². The van der Waals surface area contributed by atoms with Crippen LogP contribution in [0, 0.1) is 6.92 Å². The Bertz CT molecular complexity index is 612. The molecule has 0 radical (unpaired) electrons. The Morgan fingerprint density at radius 3 is 2.65 bits per heavy atom. The van der Waals surface area contributed by atoms with E-state index in [1.54, 1.807) is 0 Å². The third-order valence-corrected chi connectivity index (χ3v) is 4.18. The minimum absolute atomic E-state index is 0.401. The smallest absolute Gasteiger partial charge is 0.172 e. The first-order chi connectivity index (χ1) is 9.81. The zero-order chi connectivity index (χ0) is 13.9. The Hall–Kier alpha value is -1.97. The largest absolute Gasteiger partial charge is 0.296 e. The van der Waals surface area contributed by atoms with Gasteiger partial charge in [-0.1, -0.05) is 42.7 Å². The van der Waals surface area contributed by atoms with Crippen LogP contribution >= 0.6 is 0 Å². The van der Waals surface area contributed by atoms with Crippen molar-refractivity contribution in [1.29, 1.82) is 0 Å². The molecule has 0 bridgehead atoms. The Balaban J connectivity index is 2.09. The number of para-hydroxylation sites is 1. The molecule has 1 aromatic heterocycles. The van der Waals surface area contributed by atoms with Crippen LogP contribution in [-0.4, -0.2) is 21.3 Å². The van der Waals surface area contributed by atoms with Crippen molar-refractivity contribution in [2.45, 2.75) is 44.9 Å². The molecule has 20 heavy (non-hydrogen) atoms. The van der Waals surface area contributed by atoms with Gasteiger partial charge < -0.3 is 0 Å². The van der Waals surface area contributed by atoms with Crippen molar-refractivity contribution in [3.8, 4) is 5.69 Å². The summed E-state index contributed by atoms with van der Waals surface area (Å²) >= 11 is 0. The normalized spacial score (nSPS) is 16.2. The quantitative estimate of drug-likeness (QED) is 0.802. The van der Waals surface area contributed by atoms with Gasteiger partial charge in [-0.05, 0) is 31.4 Å². The second-order valence-electron chi connectivity index (χ2n) is 5.51. The third-order valence-electron chi connectivity index (χ3n) is 4.18. The summed E-state index contributed by atoms with van der Waals surface area (Å²) < 4.78 is 1.87. The lowest BCUT2D eigenvalue weighted by molar-refractivity contribution is 0.111. The van der Waals surface area contributed by atoms with Gasteiger partial charge in [0.15, 0.2) is 6.29 Å². The van der Waals surface area contributed by atoms with Gasteiger partial charge in [0.1, 0.15) is 5.69 Å². The molecule has 104 valence electrons. The van der Waals surface area contributed by atoms with E-state index in [1.807, 2.05) is 22.9 Å². The zero-order valence-corrected chi connectivity index (χ0v) is 11.7. The van der Waals surface area contributed by atoms with Crippen molar-refractivity contribution in [1.82, 2.24) is 15.0 Å². The molecule has 3 rings (SSSR count). The maximum Gasteiger partial charge on any atom is 0.172 e. The van der Waals surface area contributed by atoms with E-state index in [9.17, 15) is 4.79 Å². The summed E-state index contributed by atoms with van der Waals surface area (Å²) in [4.78, 5) is 11.3. The van der Waals surface area contributed by atoms with Crippen molar-refractivity contribution in [2.75, 3.05) is 0 Å². The predicted molar refractivity (Wildman–Crippen MR) is 77.3 cm³/mol. The van der Waals surface area contributed by atoms with Gasteiger partial charge in [0.2, 0.25) is 0 Å². The van der Waals surface area contributed by atoms with Gasteiger partial charge in [-0.25, -0.2) is 4.68 Å². The SMILES string of the molecule is Cc1ccccc1-n1nnc(C=O)c1C1CCCCC1. The second-order valence-corrected chi connectivity index (χ2v) is 5.51. The van der Waals surface area contributed by atoms with E-state index in [-0.39, 0.29) is 0 Å². The number of hydrogen-bond donors (Lipinski definition) is 0. The number of aromatic nitrogens is 3. The molecule has 0 aliphatic heterocycles. The standard InChI is InChI=1S/C16H19N3O/c1-12-7-5-6-10-15(12)19-16(14(11-20)17-18-19)13-8-3-2-4-9-13/h5-7,10-11,13H,2-4,8-9H2,1H3. The van der Waals surface area contributed by atoms with E-state index < -0.39 is 0 Å². The summed E-state index contributed by atoms with van der Waals surface area (Å²) in [6.07, 6.45) is 6.83. The average molecular weight is 269 g/mol. The van der Waals surface area contributed by atoms with Crippen molar-refractivity contribution in [3.63, 3.8) is 0 Å². The van der Waals surface area contributed by atoms with E-state index >= 15 is 0 Å². The first-order valence-corrected chi connectivity index (χ1v) is 7.28. The Morgan fingerprint density at radius 1 is 1.20 bits per heavy atom. The van der Waals surface area contributed by atoms with Gasteiger partial charge >= 0.3 is 0 Å². The number of hydrogen-bond acceptors (Lipinski definition) is 3. The topological polar surface area (TPSA) is 47.8 Å². The molecule has 2 aromatic rings. The number of aldehydes is 1. The highest BCUT2D eigenvalue weighted by atomic mass is 16.1. The summed E-state index contributed by atoms with van der Waals surface area (Å²) in [6.45, 7) is 2.06. The minimum atomic E-state index is 0.401. The van der Waals surface area contributed by atoms with Crippen LogP contribution in [-0.2, 0) is 0 Å². The molecular formula is C16H19N3O. The Labute approximate surface area is 118 Å². The van der Waals surface area contributed by atoms with Crippen LogP contribution in [0.4, 0.5) is 0 Å². The van der Waals surface area contributed by atoms with Crippen molar-refractivity contribution in [3.05, 3.63) is 41.2 Å². The van der Waals surface area contributed by atoms with Crippen molar-refractivity contribution >= 4 is 6.29 Å². The summed E-state index contributed by atoms with van der Waals surface area (Å²) in [6, 6.07) is 8.10. The molecule has 0 N–H and O–H groups in total. The predicted octanol–water partition coefficient (Wildman–Crippen LogP) is 3.44. The number of aryl methyl sites for hydroxylation is 1. The number of carbonyl (C=O) groups excluding carboxylic acids is 1. The molecule has 1 aliphatic rings. The van der Waals surface area contributed by atoms with Gasteiger partial charge in [-0.3, -0.25) is 4.79 Å². The van der Waals surface area contributed by atoms with E-state index in [1.165, 1.54) is 19.3 Å². The molecule has 1 saturated carbocycles. The monoisotopic (exact) mass is 269 g/mol. The van der Waals surface area contributed by atoms with Crippen molar-refractivity contribution < 1.29 is 4.79 Å². The first-order valence-electron chi connectivity index (χ1n) is 7.28. The fourth-order valence-electron chi connectivity index (χ4n) is 3.12. The molecule has 4 nitrogen and oxygen atoms in total. The molecule has 0 spiro atoms. The zero-order valence-electron chi connectivity index (χ0n) is 11.7. The number of nitrogens with zero attached hydrogens (tertiary/aromatic N) is 3. The molecular weight excluding hydrogens is 250 g/mol. The highest BCUT2D eigenvalue weighted by Crippen LogP contribution is 2.34. The first kappa shape index (κ1) is 13.0. The summed E-state index contributed by atoms with van der Waals surface area (Å²) in [7, 11) is 0. The number of carbonyl (C=O) groups is 1. The third kappa shape index (κ3) is 2.26. The maximum atomic E-state index is 11.3. The molecule has 0 unspecified atom stereocenters. The summed E-state index contributed by atoms with van der Waals surface area (Å²) in [5.74, 6) is 0.401. The molecule has 1 fully saturated rings. The van der Waals surface area contributed by atoms with Crippen LogP contribution in [0.1, 0.15) is 59.8 Å². The lowest BCUT2D eigenvalue weighted by Crippen LogP contribution is -2.13. The van der Waals surface area contributed by atoms with E-state index in [0.29, 0.717) is 11.6 Å². The molecule has 1 aliphatic carbocycles. The summed E-state index contributed by atoms with van der Waals surface area (Å²) in [5, 5.41) is 8.30.